The first kappa shape index (κ1) is 15.0. The van der Waals surface area contributed by atoms with Crippen LogP contribution in [0.4, 0.5) is 5.69 Å². The topological polar surface area (TPSA) is 52.6 Å². The Kier molecular flexibility index (Phi) is 5.59. The van der Waals surface area contributed by atoms with Crippen LogP contribution in [0.2, 0.25) is 5.02 Å². The number of rotatable bonds is 5. The lowest BCUT2D eigenvalue weighted by molar-refractivity contribution is -0.117. The van der Waals surface area contributed by atoms with Gasteiger partial charge in [-0.2, -0.15) is 0 Å². The minimum absolute atomic E-state index is 0.0278. The number of hydrogen-bond acceptors (Lipinski definition) is 3. The van der Waals surface area contributed by atoms with E-state index in [1.165, 1.54) is 0 Å². The highest BCUT2D eigenvalue weighted by Crippen LogP contribution is 2.22. The molecule has 1 amide bonds. The molecule has 0 aromatic heterocycles. The standard InChI is InChI=1S/C13H19ClN2O2/c1-9(8-17)16(3)7-13(18)15-12-6-4-5-11(14)10(12)2/h4-6,9,17H,7-8H2,1-3H3,(H,15,18). The van der Waals surface area contributed by atoms with Gasteiger partial charge in [0.05, 0.1) is 13.2 Å². The van der Waals surface area contributed by atoms with Crippen LogP contribution in [-0.4, -0.2) is 42.2 Å². The number of anilines is 1. The zero-order valence-electron chi connectivity index (χ0n) is 10.9. The monoisotopic (exact) mass is 270 g/mol. The molecule has 1 atom stereocenters. The van der Waals surface area contributed by atoms with Crippen molar-refractivity contribution in [3.8, 4) is 0 Å². The van der Waals surface area contributed by atoms with Crippen LogP contribution in [0, 0.1) is 6.92 Å². The molecule has 100 valence electrons. The fraction of sp³-hybridized carbons (Fsp3) is 0.462. The first-order valence-electron chi connectivity index (χ1n) is 5.81. The van der Waals surface area contributed by atoms with Crippen molar-refractivity contribution < 1.29 is 9.90 Å². The van der Waals surface area contributed by atoms with E-state index in [9.17, 15) is 4.79 Å². The maximum absolute atomic E-state index is 11.8. The molecule has 0 aliphatic carbocycles. The average Bonchev–Trinajstić information content (AvgIpc) is 2.33. The summed E-state index contributed by atoms with van der Waals surface area (Å²) in [5.41, 5.74) is 1.57. The SMILES string of the molecule is Cc1c(Cl)cccc1NC(=O)CN(C)C(C)CO. The smallest absolute Gasteiger partial charge is 0.238 e. The third kappa shape index (κ3) is 3.98. The third-order valence-corrected chi connectivity index (χ3v) is 3.36. The van der Waals surface area contributed by atoms with Gasteiger partial charge in [0.2, 0.25) is 5.91 Å². The number of aliphatic hydroxyl groups excluding tert-OH is 1. The van der Waals surface area contributed by atoms with Gasteiger partial charge in [-0.1, -0.05) is 17.7 Å². The quantitative estimate of drug-likeness (QED) is 0.859. The Hall–Kier alpha value is -1.10. The van der Waals surface area contributed by atoms with Gasteiger partial charge in [0.1, 0.15) is 0 Å². The first-order chi connectivity index (χ1) is 8.45. The van der Waals surface area contributed by atoms with Crippen molar-refractivity contribution in [2.75, 3.05) is 25.5 Å². The van der Waals surface area contributed by atoms with E-state index in [-0.39, 0.29) is 25.1 Å². The van der Waals surface area contributed by atoms with Crippen LogP contribution < -0.4 is 5.32 Å². The van der Waals surface area contributed by atoms with Gasteiger partial charge >= 0.3 is 0 Å². The van der Waals surface area contributed by atoms with Crippen LogP contribution in [0.1, 0.15) is 12.5 Å². The molecule has 2 N–H and O–H groups in total. The van der Waals surface area contributed by atoms with Crippen LogP contribution in [-0.2, 0) is 4.79 Å². The molecule has 0 aliphatic rings. The molecular formula is C13H19ClN2O2. The van der Waals surface area contributed by atoms with Gasteiger partial charge in [0.15, 0.2) is 0 Å². The summed E-state index contributed by atoms with van der Waals surface area (Å²) in [4.78, 5) is 13.6. The largest absolute Gasteiger partial charge is 0.395 e. The number of carbonyl (C=O) groups excluding carboxylic acids is 1. The zero-order valence-corrected chi connectivity index (χ0v) is 11.7. The highest BCUT2D eigenvalue weighted by molar-refractivity contribution is 6.31. The number of amides is 1. The second-order valence-corrected chi connectivity index (χ2v) is 4.81. The molecule has 0 spiro atoms. The molecule has 0 radical (unpaired) electrons. The van der Waals surface area contributed by atoms with Gasteiger partial charge in [-0.3, -0.25) is 9.69 Å². The molecule has 0 aliphatic heterocycles. The number of nitrogens with zero attached hydrogens (tertiary/aromatic N) is 1. The Bertz CT molecular complexity index is 423. The summed E-state index contributed by atoms with van der Waals surface area (Å²) in [5.74, 6) is -0.122. The van der Waals surface area contributed by atoms with Gasteiger partial charge in [0.25, 0.3) is 0 Å². The van der Waals surface area contributed by atoms with Gasteiger partial charge in [-0.05, 0) is 38.6 Å². The average molecular weight is 271 g/mol. The molecule has 0 saturated carbocycles. The second-order valence-electron chi connectivity index (χ2n) is 4.41. The summed E-state index contributed by atoms with van der Waals surface area (Å²) in [7, 11) is 1.80. The van der Waals surface area contributed by atoms with Gasteiger partial charge < -0.3 is 10.4 Å². The number of nitrogens with one attached hydrogen (secondary N) is 1. The van der Waals surface area contributed by atoms with Crippen molar-refractivity contribution in [3.05, 3.63) is 28.8 Å². The van der Waals surface area contributed by atoms with Crippen LogP contribution >= 0.6 is 11.6 Å². The first-order valence-corrected chi connectivity index (χ1v) is 6.19. The van der Waals surface area contributed by atoms with E-state index in [0.29, 0.717) is 5.02 Å². The Morgan fingerprint density at radius 1 is 1.56 bits per heavy atom. The Morgan fingerprint density at radius 3 is 2.83 bits per heavy atom. The number of halogens is 1. The minimum atomic E-state index is -0.122. The molecule has 1 rings (SSSR count). The Labute approximate surface area is 113 Å². The molecule has 1 unspecified atom stereocenters. The van der Waals surface area contributed by atoms with Crippen molar-refractivity contribution in [2.24, 2.45) is 0 Å². The normalized spacial score (nSPS) is 12.6. The number of benzene rings is 1. The lowest BCUT2D eigenvalue weighted by atomic mass is 10.2. The van der Waals surface area contributed by atoms with Crippen molar-refractivity contribution in [2.45, 2.75) is 19.9 Å². The summed E-state index contributed by atoms with van der Waals surface area (Å²) in [6, 6.07) is 5.35. The van der Waals surface area contributed by atoms with Crippen molar-refractivity contribution in [3.63, 3.8) is 0 Å². The molecule has 1 aromatic rings. The molecule has 0 bridgehead atoms. The van der Waals surface area contributed by atoms with Crippen molar-refractivity contribution in [1.29, 1.82) is 0 Å². The van der Waals surface area contributed by atoms with E-state index in [1.54, 1.807) is 24.1 Å². The molecule has 18 heavy (non-hydrogen) atoms. The van der Waals surface area contributed by atoms with E-state index in [2.05, 4.69) is 5.32 Å². The van der Waals surface area contributed by atoms with E-state index < -0.39 is 0 Å². The van der Waals surface area contributed by atoms with Crippen molar-refractivity contribution in [1.82, 2.24) is 4.90 Å². The van der Waals surface area contributed by atoms with E-state index in [1.807, 2.05) is 19.9 Å². The van der Waals surface area contributed by atoms with Gasteiger partial charge in [-0.25, -0.2) is 0 Å². The molecular weight excluding hydrogens is 252 g/mol. The summed E-state index contributed by atoms with van der Waals surface area (Å²) in [6.07, 6.45) is 0. The highest BCUT2D eigenvalue weighted by Gasteiger charge is 2.13. The maximum atomic E-state index is 11.8. The summed E-state index contributed by atoms with van der Waals surface area (Å²) in [5, 5.41) is 12.4. The number of likely N-dealkylation sites (N-methyl/N-ethyl adjacent to an activating group) is 1. The van der Waals surface area contributed by atoms with Crippen LogP contribution in [0.5, 0.6) is 0 Å². The molecule has 1 aromatic carbocycles. The molecule has 4 nitrogen and oxygen atoms in total. The number of carbonyl (C=O) groups is 1. The number of hydrogen-bond donors (Lipinski definition) is 2. The van der Waals surface area contributed by atoms with Gasteiger partial charge in [0, 0.05) is 16.8 Å². The van der Waals surface area contributed by atoms with E-state index in [4.69, 9.17) is 16.7 Å². The Balaban J connectivity index is 2.62. The highest BCUT2D eigenvalue weighted by atomic mass is 35.5. The lowest BCUT2D eigenvalue weighted by Crippen LogP contribution is -2.38. The van der Waals surface area contributed by atoms with E-state index in [0.717, 1.165) is 11.3 Å². The van der Waals surface area contributed by atoms with Crippen LogP contribution in [0.3, 0.4) is 0 Å². The zero-order chi connectivity index (χ0) is 13.7. The molecule has 5 heteroatoms. The summed E-state index contributed by atoms with van der Waals surface area (Å²) < 4.78 is 0. The predicted molar refractivity (Wildman–Crippen MR) is 74.0 cm³/mol. The van der Waals surface area contributed by atoms with Crippen molar-refractivity contribution >= 4 is 23.2 Å². The van der Waals surface area contributed by atoms with E-state index >= 15 is 0 Å². The summed E-state index contributed by atoms with van der Waals surface area (Å²) in [6.45, 7) is 3.98. The second kappa shape index (κ2) is 6.73. The maximum Gasteiger partial charge on any atom is 0.238 e. The fourth-order valence-electron chi connectivity index (χ4n) is 1.45. The summed E-state index contributed by atoms with van der Waals surface area (Å²) >= 11 is 5.98. The third-order valence-electron chi connectivity index (χ3n) is 2.95. The lowest BCUT2D eigenvalue weighted by Gasteiger charge is -2.22. The molecule has 0 fully saturated rings. The Morgan fingerprint density at radius 2 is 2.22 bits per heavy atom. The fourth-order valence-corrected chi connectivity index (χ4v) is 1.63. The molecule has 0 heterocycles. The van der Waals surface area contributed by atoms with Crippen LogP contribution in [0.25, 0.3) is 0 Å². The predicted octanol–water partition coefficient (Wildman–Crippen LogP) is 1.90. The van der Waals surface area contributed by atoms with Gasteiger partial charge in [-0.15, -0.1) is 0 Å². The van der Waals surface area contributed by atoms with Crippen LogP contribution in [0.15, 0.2) is 18.2 Å². The number of aliphatic hydroxyl groups is 1. The minimum Gasteiger partial charge on any atom is -0.395 e. The molecule has 0 saturated heterocycles.